The molecule has 0 aromatic carbocycles. The van der Waals surface area contributed by atoms with Crippen LogP contribution in [0.2, 0.25) is 0 Å². The Morgan fingerprint density at radius 3 is 2.00 bits per heavy atom. The van der Waals surface area contributed by atoms with Gasteiger partial charge in [0.2, 0.25) is 0 Å². The molecule has 1 saturated heterocycles. The van der Waals surface area contributed by atoms with Gasteiger partial charge < -0.3 is 64.3 Å². The Balaban J connectivity index is 2.25. The van der Waals surface area contributed by atoms with E-state index < -0.39 is 61.0 Å². The molecule has 1 aliphatic heterocycles. The average molecular weight is 406 g/mol. The van der Waals surface area contributed by atoms with E-state index in [4.69, 9.17) is 43.9 Å². The van der Waals surface area contributed by atoms with Crippen LogP contribution in [-0.2, 0) is 9.47 Å². The first kappa shape index (κ1) is 22.5. The third-order valence-electron chi connectivity index (χ3n) is 4.84. The van der Waals surface area contributed by atoms with Gasteiger partial charge in [-0.15, -0.1) is 0 Å². The molecule has 1 heterocycles. The van der Waals surface area contributed by atoms with Crippen molar-refractivity contribution in [1.29, 1.82) is 0 Å². The molecule has 2 fully saturated rings. The molecule has 16 N–H and O–H groups in total. The van der Waals surface area contributed by atoms with Gasteiger partial charge in [0.1, 0.15) is 36.6 Å². The second kappa shape index (κ2) is 9.15. The fourth-order valence-corrected chi connectivity index (χ4v) is 3.40. The van der Waals surface area contributed by atoms with Gasteiger partial charge in [-0.1, -0.05) is 0 Å². The zero-order valence-corrected chi connectivity index (χ0v) is 15.2. The van der Waals surface area contributed by atoms with Gasteiger partial charge in [-0.2, -0.15) is 0 Å². The van der Waals surface area contributed by atoms with E-state index in [0.717, 1.165) is 0 Å². The number of nitrogens with two attached hydrogens (primary N) is 6. The Morgan fingerprint density at radius 1 is 0.893 bits per heavy atom. The Labute approximate surface area is 161 Å². The van der Waals surface area contributed by atoms with Crippen molar-refractivity contribution in [2.24, 2.45) is 44.4 Å². The molecule has 28 heavy (non-hydrogen) atoms. The van der Waals surface area contributed by atoms with Crippen molar-refractivity contribution < 1.29 is 29.9 Å². The number of ether oxygens (including phenoxy) is 2. The third-order valence-corrected chi connectivity index (χ3v) is 4.84. The SMILES string of the molecule is NC[C@H]1O[C@H](O[C@@H]2[C@@H](O)[C@H](O)[C@@H](N=C(N)N)C[C@H]2N=C(N)N)[C@H](N)[C@@H](O)[C@@H]1O. The van der Waals surface area contributed by atoms with Gasteiger partial charge in [-0.25, -0.2) is 9.98 Å². The van der Waals surface area contributed by atoms with Crippen molar-refractivity contribution in [3.8, 4) is 0 Å². The summed E-state index contributed by atoms with van der Waals surface area (Å²) in [5.74, 6) is -0.561. The molecule has 2 rings (SSSR count). The van der Waals surface area contributed by atoms with Gasteiger partial charge in [0.15, 0.2) is 18.2 Å². The van der Waals surface area contributed by atoms with E-state index in [0.29, 0.717) is 0 Å². The van der Waals surface area contributed by atoms with Crippen LogP contribution in [0, 0.1) is 0 Å². The molecule has 2 aliphatic rings. The lowest BCUT2D eigenvalue weighted by Crippen LogP contribution is -2.65. The molecule has 0 aromatic heterocycles. The van der Waals surface area contributed by atoms with E-state index in [-0.39, 0.29) is 24.9 Å². The molecule has 1 aliphatic carbocycles. The minimum absolute atomic E-state index is 0.0478. The highest BCUT2D eigenvalue weighted by Crippen LogP contribution is 2.31. The number of aliphatic hydroxyl groups is 4. The molecule has 0 bridgehead atoms. The van der Waals surface area contributed by atoms with Gasteiger partial charge in [0, 0.05) is 6.54 Å². The molecule has 0 aromatic rings. The summed E-state index contributed by atoms with van der Waals surface area (Å²) in [6, 6.07) is -2.89. The van der Waals surface area contributed by atoms with E-state index in [9.17, 15) is 20.4 Å². The summed E-state index contributed by atoms with van der Waals surface area (Å²) >= 11 is 0. The van der Waals surface area contributed by atoms with Crippen molar-refractivity contribution in [2.75, 3.05) is 6.54 Å². The van der Waals surface area contributed by atoms with E-state index in [2.05, 4.69) is 9.98 Å². The highest BCUT2D eigenvalue weighted by atomic mass is 16.7. The van der Waals surface area contributed by atoms with Crippen LogP contribution in [0.25, 0.3) is 0 Å². The predicted molar refractivity (Wildman–Crippen MR) is 98.4 cm³/mol. The smallest absolute Gasteiger partial charge is 0.186 e. The van der Waals surface area contributed by atoms with Crippen LogP contribution < -0.4 is 34.4 Å². The quantitative estimate of drug-likeness (QED) is 0.151. The molecule has 0 amide bonds. The second-order valence-corrected chi connectivity index (χ2v) is 6.90. The standard InChI is InChI=1S/C14H30N8O6/c15-2-5-8(24)9(25)6(16)12(27-5)28-11-4(22-14(19)20)1-3(21-13(17)18)7(23)10(11)26/h3-12,23-26H,1-2,15-16H2,(H4,17,18,21)(H4,19,20,22)/t3-,4+,5+,6+,7+,8+,9+,10-,11-,12+/m0/s1. The normalized spacial score (nSPS) is 43.9. The molecule has 14 heteroatoms. The molecular formula is C14H30N8O6. The van der Waals surface area contributed by atoms with Crippen molar-refractivity contribution >= 4 is 11.9 Å². The van der Waals surface area contributed by atoms with Crippen LogP contribution in [0.15, 0.2) is 9.98 Å². The first-order valence-electron chi connectivity index (χ1n) is 8.73. The topological polar surface area (TPSA) is 280 Å². The number of hydrogen-bond donors (Lipinski definition) is 10. The minimum atomic E-state index is -1.51. The summed E-state index contributed by atoms with van der Waals surface area (Å²) in [5, 5.41) is 41.0. The summed E-state index contributed by atoms with van der Waals surface area (Å²) in [7, 11) is 0. The summed E-state index contributed by atoms with van der Waals surface area (Å²) in [5.41, 5.74) is 33.0. The van der Waals surface area contributed by atoms with Gasteiger partial charge in [0.25, 0.3) is 0 Å². The van der Waals surface area contributed by atoms with E-state index in [1.807, 2.05) is 0 Å². The molecule has 0 radical (unpaired) electrons. The van der Waals surface area contributed by atoms with Crippen LogP contribution in [0.4, 0.5) is 0 Å². The summed E-state index contributed by atoms with van der Waals surface area (Å²) in [4.78, 5) is 7.90. The lowest BCUT2D eigenvalue weighted by molar-refractivity contribution is -0.287. The highest BCUT2D eigenvalue weighted by Gasteiger charge is 2.49. The number of aliphatic imine (C=N–C) groups is 2. The van der Waals surface area contributed by atoms with Crippen LogP contribution in [0.1, 0.15) is 6.42 Å². The summed E-state index contributed by atoms with van der Waals surface area (Å²) in [6.45, 7) is -0.107. The first-order chi connectivity index (χ1) is 13.1. The zero-order chi connectivity index (χ0) is 21.2. The highest BCUT2D eigenvalue weighted by molar-refractivity contribution is 5.76. The first-order valence-corrected chi connectivity index (χ1v) is 8.73. The van der Waals surface area contributed by atoms with E-state index in [1.165, 1.54) is 0 Å². The second-order valence-electron chi connectivity index (χ2n) is 6.90. The summed E-state index contributed by atoms with van der Waals surface area (Å²) in [6.07, 6.45) is -8.90. The number of aliphatic hydroxyl groups excluding tert-OH is 4. The summed E-state index contributed by atoms with van der Waals surface area (Å²) < 4.78 is 11.2. The molecule has 14 nitrogen and oxygen atoms in total. The van der Waals surface area contributed by atoms with E-state index >= 15 is 0 Å². The molecule has 1 saturated carbocycles. The van der Waals surface area contributed by atoms with Crippen molar-refractivity contribution in [1.82, 2.24) is 0 Å². The number of hydrogen-bond acceptors (Lipinski definition) is 10. The van der Waals surface area contributed by atoms with Gasteiger partial charge in [-0.3, -0.25) is 0 Å². The van der Waals surface area contributed by atoms with E-state index in [1.54, 1.807) is 0 Å². The van der Waals surface area contributed by atoms with Crippen LogP contribution in [0.5, 0.6) is 0 Å². The molecule has 0 spiro atoms. The van der Waals surface area contributed by atoms with Crippen molar-refractivity contribution in [2.45, 2.75) is 67.5 Å². The maximum absolute atomic E-state index is 10.6. The van der Waals surface area contributed by atoms with Crippen LogP contribution in [0.3, 0.4) is 0 Å². The Morgan fingerprint density at radius 2 is 1.46 bits per heavy atom. The lowest BCUT2D eigenvalue weighted by atomic mass is 9.84. The largest absolute Gasteiger partial charge is 0.388 e. The number of guanidine groups is 2. The zero-order valence-electron chi connectivity index (χ0n) is 15.2. The predicted octanol–water partition coefficient (Wildman–Crippen LogP) is -6.49. The van der Waals surface area contributed by atoms with Crippen molar-refractivity contribution in [3.05, 3.63) is 0 Å². The van der Waals surface area contributed by atoms with Gasteiger partial charge in [0.05, 0.1) is 18.1 Å². The van der Waals surface area contributed by atoms with Crippen LogP contribution >= 0.6 is 0 Å². The fourth-order valence-electron chi connectivity index (χ4n) is 3.40. The Hall–Kier alpha value is -1.78. The molecule has 0 unspecified atom stereocenters. The van der Waals surface area contributed by atoms with Gasteiger partial charge in [-0.05, 0) is 6.42 Å². The monoisotopic (exact) mass is 406 g/mol. The molecule has 162 valence electrons. The molecule has 10 atom stereocenters. The Bertz CT molecular complexity index is 584. The maximum atomic E-state index is 10.6. The fraction of sp³-hybridized carbons (Fsp3) is 0.857. The number of rotatable bonds is 5. The lowest BCUT2D eigenvalue weighted by Gasteiger charge is -2.45. The van der Waals surface area contributed by atoms with Crippen molar-refractivity contribution in [3.63, 3.8) is 0 Å². The van der Waals surface area contributed by atoms with Crippen LogP contribution in [-0.4, -0.2) is 99.9 Å². The molecular weight excluding hydrogens is 376 g/mol. The maximum Gasteiger partial charge on any atom is 0.186 e. The Kier molecular flexibility index (Phi) is 7.35. The average Bonchev–Trinajstić information content (AvgIpc) is 2.61. The minimum Gasteiger partial charge on any atom is -0.388 e. The van der Waals surface area contributed by atoms with Gasteiger partial charge >= 0.3 is 0 Å². The third kappa shape index (κ3) is 4.79. The number of nitrogens with zero attached hydrogens (tertiary/aromatic N) is 2.